The average molecular weight is 205 g/mol. The Morgan fingerprint density at radius 2 is 2.20 bits per heavy atom. The molecule has 82 valence electrons. The summed E-state index contributed by atoms with van der Waals surface area (Å²) in [6.45, 7) is 5.55. The van der Waals surface area contributed by atoms with Crippen molar-refractivity contribution in [1.29, 1.82) is 0 Å². The second kappa shape index (κ2) is 4.09. The second-order valence-electron chi connectivity index (χ2n) is 4.64. The van der Waals surface area contributed by atoms with Crippen LogP contribution in [-0.2, 0) is 0 Å². The summed E-state index contributed by atoms with van der Waals surface area (Å²) in [6, 6.07) is 4.43. The monoisotopic (exact) mass is 205 g/mol. The summed E-state index contributed by atoms with van der Waals surface area (Å²) in [5, 5.41) is 0. The molecule has 1 heterocycles. The number of anilines is 2. The number of hydrogen-bond donors (Lipinski definition) is 1. The van der Waals surface area contributed by atoms with Crippen LogP contribution in [0.15, 0.2) is 18.3 Å². The number of nitrogens with zero attached hydrogens (tertiary/aromatic N) is 2. The molecule has 1 saturated carbocycles. The maximum absolute atomic E-state index is 5.64. The van der Waals surface area contributed by atoms with E-state index in [1.807, 2.05) is 12.1 Å². The van der Waals surface area contributed by atoms with Crippen molar-refractivity contribution in [2.75, 3.05) is 17.2 Å². The third kappa shape index (κ3) is 2.61. The van der Waals surface area contributed by atoms with Crippen molar-refractivity contribution in [2.24, 2.45) is 5.92 Å². The molecule has 0 bridgehead atoms. The lowest BCUT2D eigenvalue weighted by Crippen LogP contribution is -2.33. The van der Waals surface area contributed by atoms with Gasteiger partial charge in [0.05, 0.1) is 11.9 Å². The molecule has 1 aromatic heterocycles. The van der Waals surface area contributed by atoms with Gasteiger partial charge in [0.15, 0.2) is 0 Å². The van der Waals surface area contributed by atoms with Gasteiger partial charge in [-0.05, 0) is 44.7 Å². The van der Waals surface area contributed by atoms with E-state index < -0.39 is 0 Å². The number of hydrogen-bond acceptors (Lipinski definition) is 3. The first-order valence-electron chi connectivity index (χ1n) is 5.65. The van der Waals surface area contributed by atoms with Gasteiger partial charge < -0.3 is 10.6 Å². The van der Waals surface area contributed by atoms with Crippen molar-refractivity contribution in [3.05, 3.63) is 18.3 Å². The van der Waals surface area contributed by atoms with E-state index in [4.69, 9.17) is 5.73 Å². The lowest BCUT2D eigenvalue weighted by molar-refractivity contribution is 0.637. The molecule has 2 N–H and O–H groups in total. The lowest BCUT2D eigenvalue weighted by atomic mass is 10.2. The maximum Gasteiger partial charge on any atom is 0.128 e. The first-order valence-corrected chi connectivity index (χ1v) is 5.65. The third-order valence-corrected chi connectivity index (χ3v) is 2.84. The Bertz CT molecular complexity index is 314. The number of nitrogen functional groups attached to an aromatic ring is 1. The van der Waals surface area contributed by atoms with Gasteiger partial charge in [-0.1, -0.05) is 0 Å². The fraction of sp³-hybridized carbons (Fsp3) is 0.583. The third-order valence-electron chi connectivity index (χ3n) is 2.84. The van der Waals surface area contributed by atoms with Crippen LogP contribution in [-0.4, -0.2) is 17.6 Å². The Hall–Kier alpha value is -1.25. The van der Waals surface area contributed by atoms with Gasteiger partial charge in [0.2, 0.25) is 0 Å². The summed E-state index contributed by atoms with van der Waals surface area (Å²) in [6.07, 6.45) is 4.48. The van der Waals surface area contributed by atoms with Crippen LogP contribution in [0.25, 0.3) is 0 Å². The second-order valence-corrected chi connectivity index (χ2v) is 4.64. The molecule has 0 unspecified atom stereocenters. The fourth-order valence-electron chi connectivity index (χ4n) is 1.71. The van der Waals surface area contributed by atoms with Crippen LogP contribution in [0.3, 0.4) is 0 Å². The fourth-order valence-corrected chi connectivity index (χ4v) is 1.71. The van der Waals surface area contributed by atoms with Crippen LogP contribution in [0, 0.1) is 5.92 Å². The molecule has 1 aliphatic carbocycles. The summed E-state index contributed by atoms with van der Waals surface area (Å²) in [5.74, 6) is 1.93. The number of aromatic nitrogens is 1. The van der Waals surface area contributed by atoms with Crippen LogP contribution < -0.4 is 10.6 Å². The molecule has 3 nitrogen and oxygen atoms in total. The molecule has 1 fully saturated rings. The molecule has 0 aliphatic heterocycles. The van der Waals surface area contributed by atoms with Crippen molar-refractivity contribution in [3.8, 4) is 0 Å². The maximum atomic E-state index is 5.64. The highest BCUT2D eigenvalue weighted by Crippen LogP contribution is 2.31. The Balaban J connectivity index is 2.11. The van der Waals surface area contributed by atoms with E-state index in [2.05, 4.69) is 23.7 Å². The summed E-state index contributed by atoms with van der Waals surface area (Å²) < 4.78 is 0. The van der Waals surface area contributed by atoms with Crippen LogP contribution in [0.1, 0.15) is 26.7 Å². The van der Waals surface area contributed by atoms with Gasteiger partial charge >= 0.3 is 0 Å². The molecule has 0 spiro atoms. The largest absolute Gasteiger partial charge is 0.397 e. The van der Waals surface area contributed by atoms with E-state index in [1.54, 1.807) is 6.20 Å². The molecule has 0 aromatic carbocycles. The molecule has 15 heavy (non-hydrogen) atoms. The average Bonchev–Trinajstić information content (AvgIpc) is 2.99. The van der Waals surface area contributed by atoms with Gasteiger partial charge in [-0.25, -0.2) is 4.98 Å². The predicted molar refractivity (Wildman–Crippen MR) is 63.9 cm³/mol. The molecular weight excluding hydrogens is 186 g/mol. The SMILES string of the molecule is CC(C)N(CC1CC1)c1ccc(N)cn1. The number of pyridine rings is 1. The highest BCUT2D eigenvalue weighted by atomic mass is 15.2. The van der Waals surface area contributed by atoms with Gasteiger partial charge in [-0.15, -0.1) is 0 Å². The molecule has 0 radical (unpaired) electrons. The number of rotatable bonds is 4. The zero-order chi connectivity index (χ0) is 10.8. The van der Waals surface area contributed by atoms with Crippen LogP contribution >= 0.6 is 0 Å². The smallest absolute Gasteiger partial charge is 0.128 e. The van der Waals surface area contributed by atoms with Gasteiger partial charge in [0.1, 0.15) is 5.82 Å². The minimum absolute atomic E-state index is 0.502. The normalized spacial score (nSPS) is 15.7. The van der Waals surface area contributed by atoms with Crippen molar-refractivity contribution in [3.63, 3.8) is 0 Å². The van der Waals surface area contributed by atoms with Crippen LogP contribution in [0.5, 0.6) is 0 Å². The Kier molecular flexibility index (Phi) is 2.80. The minimum Gasteiger partial charge on any atom is -0.397 e. The summed E-state index contributed by atoms with van der Waals surface area (Å²) >= 11 is 0. The molecule has 0 saturated heterocycles. The van der Waals surface area contributed by atoms with E-state index >= 15 is 0 Å². The van der Waals surface area contributed by atoms with Gasteiger partial charge in [0.25, 0.3) is 0 Å². The predicted octanol–water partition coefficient (Wildman–Crippen LogP) is 2.29. The van der Waals surface area contributed by atoms with Gasteiger partial charge in [0, 0.05) is 12.6 Å². The zero-order valence-electron chi connectivity index (χ0n) is 9.48. The van der Waals surface area contributed by atoms with Crippen molar-refractivity contribution >= 4 is 11.5 Å². The first-order chi connectivity index (χ1) is 7.16. The van der Waals surface area contributed by atoms with Crippen molar-refractivity contribution < 1.29 is 0 Å². The Morgan fingerprint density at radius 3 is 2.67 bits per heavy atom. The van der Waals surface area contributed by atoms with Crippen LogP contribution in [0.2, 0.25) is 0 Å². The Morgan fingerprint density at radius 1 is 1.47 bits per heavy atom. The standard InChI is InChI=1S/C12H19N3/c1-9(2)15(8-10-3-4-10)12-6-5-11(13)7-14-12/h5-7,9-10H,3-4,8,13H2,1-2H3. The molecule has 1 aromatic rings. The highest BCUT2D eigenvalue weighted by Gasteiger charge is 2.26. The molecule has 2 rings (SSSR count). The zero-order valence-corrected chi connectivity index (χ0v) is 9.48. The van der Waals surface area contributed by atoms with E-state index in [0.717, 1.165) is 24.0 Å². The first kappa shape index (κ1) is 10.3. The van der Waals surface area contributed by atoms with Crippen molar-refractivity contribution in [2.45, 2.75) is 32.7 Å². The highest BCUT2D eigenvalue weighted by molar-refractivity contribution is 5.46. The molecule has 1 aliphatic rings. The van der Waals surface area contributed by atoms with Gasteiger partial charge in [-0.2, -0.15) is 0 Å². The van der Waals surface area contributed by atoms with Crippen molar-refractivity contribution in [1.82, 2.24) is 4.98 Å². The summed E-state index contributed by atoms with van der Waals surface area (Å²) in [4.78, 5) is 6.74. The molecule has 0 atom stereocenters. The Labute approximate surface area is 91.3 Å². The van der Waals surface area contributed by atoms with Crippen LogP contribution in [0.4, 0.5) is 11.5 Å². The quantitative estimate of drug-likeness (QED) is 0.820. The van der Waals surface area contributed by atoms with E-state index in [1.165, 1.54) is 12.8 Å². The topological polar surface area (TPSA) is 42.1 Å². The molecule has 0 amide bonds. The lowest BCUT2D eigenvalue weighted by Gasteiger charge is -2.27. The summed E-state index contributed by atoms with van der Waals surface area (Å²) in [7, 11) is 0. The number of nitrogens with two attached hydrogens (primary N) is 1. The molecule has 3 heteroatoms. The van der Waals surface area contributed by atoms with E-state index in [9.17, 15) is 0 Å². The van der Waals surface area contributed by atoms with E-state index in [-0.39, 0.29) is 0 Å². The van der Waals surface area contributed by atoms with E-state index in [0.29, 0.717) is 6.04 Å². The molecular formula is C12H19N3. The van der Waals surface area contributed by atoms with Gasteiger partial charge in [-0.3, -0.25) is 0 Å². The minimum atomic E-state index is 0.502. The summed E-state index contributed by atoms with van der Waals surface area (Å²) in [5.41, 5.74) is 6.37.